The third kappa shape index (κ3) is 3.39. The van der Waals surface area contributed by atoms with Crippen LogP contribution in [0.15, 0.2) is 30.6 Å². The molecular weight excluding hydrogens is 238 g/mol. The summed E-state index contributed by atoms with van der Waals surface area (Å²) in [6, 6.07) is 8.29. The lowest BCUT2D eigenvalue weighted by Crippen LogP contribution is -2.21. The van der Waals surface area contributed by atoms with Crippen molar-refractivity contribution in [1.29, 1.82) is 0 Å². The van der Waals surface area contributed by atoms with Gasteiger partial charge in [-0.2, -0.15) is 5.10 Å². The molecule has 1 aromatic heterocycles. The normalized spacial score (nSPS) is 11.2. The average molecular weight is 259 g/mol. The molecule has 2 N–H and O–H groups in total. The van der Waals surface area contributed by atoms with E-state index in [-0.39, 0.29) is 0 Å². The van der Waals surface area contributed by atoms with E-state index in [1.54, 1.807) is 6.33 Å². The first kappa shape index (κ1) is 13.7. The van der Waals surface area contributed by atoms with Crippen molar-refractivity contribution in [2.24, 2.45) is 5.73 Å². The number of hydrogen-bond donors (Lipinski definition) is 1. The minimum Gasteiger partial charge on any atom is -0.326 e. The van der Waals surface area contributed by atoms with E-state index in [0.29, 0.717) is 6.54 Å². The first-order chi connectivity index (χ1) is 9.24. The Bertz CT molecular complexity index is 520. The van der Waals surface area contributed by atoms with Crippen molar-refractivity contribution in [3.63, 3.8) is 0 Å². The summed E-state index contributed by atoms with van der Waals surface area (Å²) in [5.74, 6) is 0.996. The van der Waals surface area contributed by atoms with Crippen molar-refractivity contribution in [1.82, 2.24) is 19.7 Å². The highest BCUT2D eigenvalue weighted by Crippen LogP contribution is 2.11. The lowest BCUT2D eigenvalue weighted by atomic mass is 10.1. The van der Waals surface area contributed by atoms with Crippen LogP contribution in [0, 0.1) is 0 Å². The minimum atomic E-state index is 0.579. The van der Waals surface area contributed by atoms with Gasteiger partial charge >= 0.3 is 0 Å². The topological polar surface area (TPSA) is 60.0 Å². The van der Waals surface area contributed by atoms with Gasteiger partial charge in [-0.1, -0.05) is 24.3 Å². The summed E-state index contributed by atoms with van der Waals surface area (Å²) in [6.45, 7) is 5.15. The first-order valence-corrected chi connectivity index (χ1v) is 6.56. The maximum atomic E-state index is 5.76. The van der Waals surface area contributed by atoms with E-state index in [0.717, 1.165) is 25.5 Å². The molecule has 1 aromatic carbocycles. The highest BCUT2D eigenvalue weighted by molar-refractivity contribution is 5.26. The molecule has 2 aromatic rings. The zero-order valence-electron chi connectivity index (χ0n) is 11.6. The number of aryl methyl sites for hydroxylation is 1. The summed E-state index contributed by atoms with van der Waals surface area (Å²) in [4.78, 5) is 6.52. The summed E-state index contributed by atoms with van der Waals surface area (Å²) in [7, 11) is 2.09. The second-order valence-electron chi connectivity index (χ2n) is 4.64. The maximum absolute atomic E-state index is 5.76. The number of aromatic nitrogens is 3. The van der Waals surface area contributed by atoms with E-state index < -0.39 is 0 Å². The van der Waals surface area contributed by atoms with Gasteiger partial charge in [0.15, 0.2) is 0 Å². The standard InChI is InChI=1S/C14H21N5/c1-3-19-14(16-11-17-19)10-18(2)9-13-7-5-4-6-12(13)8-15/h4-7,11H,3,8-10,15H2,1-2H3. The molecule has 0 radical (unpaired) electrons. The van der Waals surface area contributed by atoms with Crippen LogP contribution in [0.1, 0.15) is 23.9 Å². The van der Waals surface area contributed by atoms with Crippen LogP contribution in [-0.4, -0.2) is 26.7 Å². The van der Waals surface area contributed by atoms with Crippen molar-refractivity contribution in [3.8, 4) is 0 Å². The fourth-order valence-electron chi connectivity index (χ4n) is 2.17. The highest BCUT2D eigenvalue weighted by atomic mass is 15.3. The van der Waals surface area contributed by atoms with Crippen LogP contribution in [0.25, 0.3) is 0 Å². The molecule has 0 amide bonds. The summed E-state index contributed by atoms with van der Waals surface area (Å²) >= 11 is 0. The molecule has 0 saturated heterocycles. The lowest BCUT2D eigenvalue weighted by Gasteiger charge is -2.18. The van der Waals surface area contributed by atoms with E-state index in [9.17, 15) is 0 Å². The smallest absolute Gasteiger partial charge is 0.140 e. The Labute approximate surface area is 114 Å². The van der Waals surface area contributed by atoms with Crippen LogP contribution >= 0.6 is 0 Å². The predicted octanol–water partition coefficient (Wildman–Crippen LogP) is 1.39. The SMILES string of the molecule is CCn1ncnc1CN(C)Cc1ccccc1CN. The molecule has 0 aliphatic rings. The highest BCUT2D eigenvalue weighted by Gasteiger charge is 2.08. The van der Waals surface area contributed by atoms with Gasteiger partial charge in [0.1, 0.15) is 12.2 Å². The molecule has 0 bridgehead atoms. The van der Waals surface area contributed by atoms with Crippen LogP contribution in [0.4, 0.5) is 0 Å². The van der Waals surface area contributed by atoms with Gasteiger partial charge in [0.25, 0.3) is 0 Å². The van der Waals surface area contributed by atoms with Gasteiger partial charge in [0.05, 0.1) is 6.54 Å². The Hall–Kier alpha value is -1.72. The molecule has 5 heteroatoms. The fraction of sp³-hybridized carbons (Fsp3) is 0.429. The Morgan fingerprint density at radius 2 is 1.95 bits per heavy atom. The van der Waals surface area contributed by atoms with Gasteiger partial charge in [-0.05, 0) is 25.1 Å². The number of benzene rings is 1. The molecule has 0 saturated carbocycles. The molecule has 1 heterocycles. The van der Waals surface area contributed by atoms with Gasteiger partial charge < -0.3 is 5.73 Å². The zero-order valence-corrected chi connectivity index (χ0v) is 11.6. The fourth-order valence-corrected chi connectivity index (χ4v) is 2.17. The maximum Gasteiger partial charge on any atom is 0.140 e. The first-order valence-electron chi connectivity index (χ1n) is 6.56. The van der Waals surface area contributed by atoms with Gasteiger partial charge in [-0.15, -0.1) is 0 Å². The molecule has 0 atom stereocenters. The molecule has 0 spiro atoms. The van der Waals surface area contributed by atoms with Crippen molar-refractivity contribution >= 4 is 0 Å². The van der Waals surface area contributed by atoms with E-state index in [1.165, 1.54) is 11.1 Å². The quantitative estimate of drug-likeness (QED) is 0.851. The van der Waals surface area contributed by atoms with Gasteiger partial charge in [0, 0.05) is 19.6 Å². The van der Waals surface area contributed by atoms with E-state index in [2.05, 4.69) is 47.2 Å². The molecule has 0 unspecified atom stereocenters. The predicted molar refractivity (Wildman–Crippen MR) is 75.2 cm³/mol. The number of hydrogen-bond acceptors (Lipinski definition) is 4. The van der Waals surface area contributed by atoms with Crippen LogP contribution in [0.2, 0.25) is 0 Å². The number of rotatable bonds is 6. The zero-order chi connectivity index (χ0) is 13.7. The van der Waals surface area contributed by atoms with E-state index in [1.807, 2.05) is 10.7 Å². The third-order valence-corrected chi connectivity index (χ3v) is 3.19. The van der Waals surface area contributed by atoms with Crippen molar-refractivity contribution in [2.45, 2.75) is 33.1 Å². The summed E-state index contributed by atoms with van der Waals surface area (Å²) in [5, 5.41) is 4.19. The number of nitrogens with zero attached hydrogens (tertiary/aromatic N) is 4. The Kier molecular flexibility index (Phi) is 4.65. The monoisotopic (exact) mass is 259 g/mol. The van der Waals surface area contributed by atoms with Crippen LogP contribution in [0.5, 0.6) is 0 Å². The van der Waals surface area contributed by atoms with E-state index in [4.69, 9.17) is 5.73 Å². The van der Waals surface area contributed by atoms with Gasteiger partial charge in [0.2, 0.25) is 0 Å². The van der Waals surface area contributed by atoms with Crippen LogP contribution < -0.4 is 5.73 Å². The van der Waals surface area contributed by atoms with Crippen LogP contribution in [-0.2, 0) is 26.2 Å². The molecule has 0 aliphatic carbocycles. The summed E-state index contributed by atoms with van der Waals surface area (Å²) in [5.41, 5.74) is 8.24. The Balaban J connectivity index is 2.03. The molecular formula is C14H21N5. The molecule has 5 nitrogen and oxygen atoms in total. The average Bonchev–Trinajstić information content (AvgIpc) is 2.86. The second kappa shape index (κ2) is 6.45. The number of nitrogens with two attached hydrogens (primary N) is 1. The third-order valence-electron chi connectivity index (χ3n) is 3.19. The van der Waals surface area contributed by atoms with Crippen molar-refractivity contribution in [2.75, 3.05) is 7.05 Å². The molecule has 0 aliphatic heterocycles. The van der Waals surface area contributed by atoms with Crippen molar-refractivity contribution in [3.05, 3.63) is 47.5 Å². The van der Waals surface area contributed by atoms with Gasteiger partial charge in [-0.25, -0.2) is 9.67 Å². The van der Waals surface area contributed by atoms with Crippen LogP contribution in [0.3, 0.4) is 0 Å². The molecule has 2 rings (SSSR count). The molecule has 0 fully saturated rings. The minimum absolute atomic E-state index is 0.579. The lowest BCUT2D eigenvalue weighted by molar-refractivity contribution is 0.302. The largest absolute Gasteiger partial charge is 0.326 e. The van der Waals surface area contributed by atoms with Crippen molar-refractivity contribution < 1.29 is 0 Å². The summed E-state index contributed by atoms with van der Waals surface area (Å²) < 4.78 is 1.92. The summed E-state index contributed by atoms with van der Waals surface area (Å²) in [6.07, 6.45) is 1.61. The molecule has 19 heavy (non-hydrogen) atoms. The second-order valence-corrected chi connectivity index (χ2v) is 4.64. The van der Waals surface area contributed by atoms with E-state index >= 15 is 0 Å². The Morgan fingerprint density at radius 3 is 2.63 bits per heavy atom. The van der Waals surface area contributed by atoms with Gasteiger partial charge in [-0.3, -0.25) is 4.90 Å². The molecule has 102 valence electrons. The Morgan fingerprint density at radius 1 is 1.21 bits per heavy atom.